The van der Waals surface area contributed by atoms with E-state index in [9.17, 15) is 8.42 Å². The fraction of sp³-hybridized carbons (Fsp3) is 0.615. The van der Waals surface area contributed by atoms with Crippen molar-refractivity contribution in [3.8, 4) is 0 Å². The van der Waals surface area contributed by atoms with Gasteiger partial charge in [-0.3, -0.25) is 4.98 Å². The predicted octanol–water partition coefficient (Wildman–Crippen LogP) is 1.87. The van der Waals surface area contributed by atoms with Crippen LogP contribution in [0, 0.1) is 6.92 Å². The summed E-state index contributed by atoms with van der Waals surface area (Å²) in [7, 11) is -2.87. The van der Waals surface area contributed by atoms with Crippen molar-refractivity contribution in [3.05, 3.63) is 29.6 Å². The lowest BCUT2D eigenvalue weighted by Gasteiger charge is -2.17. The van der Waals surface area contributed by atoms with E-state index >= 15 is 0 Å². The number of hydrogen-bond donors (Lipinski definition) is 1. The number of nitrogens with zero attached hydrogens (tertiary/aromatic N) is 1. The Morgan fingerprint density at radius 1 is 1.39 bits per heavy atom. The molecule has 0 aliphatic rings. The molecule has 0 aliphatic heterocycles. The summed E-state index contributed by atoms with van der Waals surface area (Å²) in [5.41, 5.74) is 2.11. The molecule has 1 N–H and O–H groups in total. The quantitative estimate of drug-likeness (QED) is 0.821. The summed E-state index contributed by atoms with van der Waals surface area (Å²) in [4.78, 5) is 4.28. The summed E-state index contributed by atoms with van der Waals surface area (Å²) in [6.45, 7) is 4.86. The van der Waals surface area contributed by atoms with Gasteiger partial charge in [0.15, 0.2) is 0 Å². The van der Waals surface area contributed by atoms with Gasteiger partial charge in [-0.15, -0.1) is 0 Å². The lowest BCUT2D eigenvalue weighted by molar-refractivity contribution is 0.505. The summed E-state index contributed by atoms with van der Waals surface area (Å²) in [5, 5.41) is 3.37. The van der Waals surface area contributed by atoms with Crippen molar-refractivity contribution < 1.29 is 8.42 Å². The van der Waals surface area contributed by atoms with E-state index in [1.54, 1.807) is 0 Å². The highest BCUT2D eigenvalue weighted by Gasteiger charge is 2.12. The summed E-state index contributed by atoms with van der Waals surface area (Å²) in [6.07, 6.45) is 4.63. The van der Waals surface area contributed by atoms with Gasteiger partial charge in [-0.2, -0.15) is 0 Å². The number of pyridine rings is 1. The van der Waals surface area contributed by atoms with Gasteiger partial charge in [0.1, 0.15) is 9.84 Å². The summed E-state index contributed by atoms with van der Waals surface area (Å²) in [5.74, 6) is 0.244. The normalized spacial score (nSPS) is 13.5. The minimum atomic E-state index is -2.87. The molecule has 0 aromatic carbocycles. The fourth-order valence-corrected chi connectivity index (χ4v) is 2.56. The highest BCUT2D eigenvalue weighted by atomic mass is 32.2. The number of hydrogen-bond acceptors (Lipinski definition) is 4. The molecule has 0 saturated carbocycles. The van der Waals surface area contributed by atoms with Crippen molar-refractivity contribution in [1.29, 1.82) is 0 Å². The first kappa shape index (κ1) is 15.1. The molecular formula is C13H22N2O2S. The van der Waals surface area contributed by atoms with Crippen molar-refractivity contribution in [1.82, 2.24) is 10.3 Å². The Morgan fingerprint density at radius 3 is 2.61 bits per heavy atom. The molecule has 1 unspecified atom stereocenters. The predicted molar refractivity (Wildman–Crippen MR) is 74.3 cm³/mol. The van der Waals surface area contributed by atoms with E-state index in [1.165, 1.54) is 6.26 Å². The minimum absolute atomic E-state index is 0.185. The zero-order chi connectivity index (χ0) is 13.6. The Morgan fingerprint density at radius 2 is 2.11 bits per heavy atom. The van der Waals surface area contributed by atoms with Crippen molar-refractivity contribution in [2.24, 2.45) is 0 Å². The first-order valence-electron chi connectivity index (χ1n) is 6.26. The molecule has 1 heterocycles. The monoisotopic (exact) mass is 270 g/mol. The van der Waals surface area contributed by atoms with Gasteiger partial charge in [-0.05, 0) is 37.9 Å². The zero-order valence-corrected chi connectivity index (χ0v) is 12.1. The summed E-state index contributed by atoms with van der Waals surface area (Å²) in [6, 6.07) is 4.22. The van der Waals surface area contributed by atoms with Gasteiger partial charge in [0.25, 0.3) is 0 Å². The fourth-order valence-electron chi connectivity index (χ4n) is 1.87. The van der Waals surface area contributed by atoms with Crippen LogP contribution < -0.4 is 5.32 Å². The Hall–Kier alpha value is -0.940. The van der Waals surface area contributed by atoms with E-state index in [1.807, 2.05) is 26.1 Å². The molecule has 1 aromatic heterocycles. The highest BCUT2D eigenvalue weighted by molar-refractivity contribution is 7.90. The average molecular weight is 270 g/mol. The Kier molecular flexibility index (Phi) is 5.75. The maximum atomic E-state index is 11.1. The second-order valence-corrected chi connectivity index (χ2v) is 6.88. The van der Waals surface area contributed by atoms with E-state index in [2.05, 4.69) is 16.4 Å². The van der Waals surface area contributed by atoms with Crippen LogP contribution in [-0.4, -0.2) is 32.0 Å². The van der Waals surface area contributed by atoms with Crippen molar-refractivity contribution >= 4 is 9.84 Å². The molecule has 18 heavy (non-hydrogen) atoms. The summed E-state index contributed by atoms with van der Waals surface area (Å²) >= 11 is 0. The number of aromatic nitrogens is 1. The first-order chi connectivity index (χ1) is 8.42. The van der Waals surface area contributed by atoms with Crippen LogP contribution in [0.5, 0.6) is 0 Å². The van der Waals surface area contributed by atoms with Gasteiger partial charge in [-0.1, -0.05) is 13.0 Å². The molecule has 102 valence electrons. The third kappa shape index (κ3) is 5.60. The van der Waals surface area contributed by atoms with E-state index in [0.717, 1.165) is 24.2 Å². The van der Waals surface area contributed by atoms with Gasteiger partial charge in [0.05, 0.1) is 0 Å². The van der Waals surface area contributed by atoms with Crippen LogP contribution in [0.25, 0.3) is 0 Å². The van der Waals surface area contributed by atoms with Gasteiger partial charge in [0.2, 0.25) is 0 Å². The minimum Gasteiger partial charge on any atom is -0.310 e. The van der Waals surface area contributed by atoms with Gasteiger partial charge < -0.3 is 5.32 Å². The Balaban J connectivity index is 2.62. The van der Waals surface area contributed by atoms with E-state index in [4.69, 9.17) is 0 Å². The smallest absolute Gasteiger partial charge is 0.147 e. The second-order valence-electron chi connectivity index (χ2n) is 4.62. The molecule has 1 rings (SSSR count). The molecule has 0 saturated heterocycles. The third-order valence-electron chi connectivity index (χ3n) is 2.80. The van der Waals surface area contributed by atoms with Gasteiger partial charge in [-0.25, -0.2) is 8.42 Å². The highest BCUT2D eigenvalue weighted by Crippen LogP contribution is 2.18. The number of aryl methyl sites for hydroxylation is 1. The molecule has 0 amide bonds. The molecular weight excluding hydrogens is 248 g/mol. The van der Waals surface area contributed by atoms with E-state index in [-0.39, 0.29) is 11.8 Å². The molecule has 0 spiro atoms. The SMILES string of the molecule is CCNC(CCCS(C)(=O)=O)c1ccc(C)nc1. The second kappa shape index (κ2) is 6.85. The first-order valence-corrected chi connectivity index (χ1v) is 8.32. The van der Waals surface area contributed by atoms with Crippen LogP contribution in [0.15, 0.2) is 18.3 Å². The Labute approximate surface area is 110 Å². The Bertz CT molecular complexity index is 454. The van der Waals surface area contributed by atoms with E-state index in [0.29, 0.717) is 6.42 Å². The third-order valence-corrected chi connectivity index (χ3v) is 3.83. The van der Waals surface area contributed by atoms with Crippen molar-refractivity contribution in [3.63, 3.8) is 0 Å². The van der Waals surface area contributed by atoms with Gasteiger partial charge >= 0.3 is 0 Å². The lowest BCUT2D eigenvalue weighted by atomic mass is 10.0. The topological polar surface area (TPSA) is 59.1 Å². The summed E-state index contributed by atoms with van der Waals surface area (Å²) < 4.78 is 22.2. The lowest BCUT2D eigenvalue weighted by Crippen LogP contribution is -2.22. The molecule has 1 atom stereocenters. The molecule has 1 aromatic rings. The van der Waals surface area contributed by atoms with Crippen LogP contribution in [0.3, 0.4) is 0 Å². The number of sulfone groups is 1. The number of nitrogens with one attached hydrogen (secondary N) is 1. The molecule has 4 nitrogen and oxygen atoms in total. The van der Waals surface area contributed by atoms with Crippen LogP contribution in [0.2, 0.25) is 0 Å². The van der Waals surface area contributed by atoms with Crippen LogP contribution in [0.1, 0.15) is 37.1 Å². The van der Waals surface area contributed by atoms with Crippen LogP contribution >= 0.6 is 0 Å². The molecule has 0 fully saturated rings. The van der Waals surface area contributed by atoms with Gasteiger partial charge in [0, 0.05) is 29.9 Å². The van der Waals surface area contributed by atoms with Crippen LogP contribution in [-0.2, 0) is 9.84 Å². The average Bonchev–Trinajstić information content (AvgIpc) is 2.27. The number of rotatable bonds is 7. The molecule has 0 aliphatic carbocycles. The van der Waals surface area contributed by atoms with Crippen LogP contribution in [0.4, 0.5) is 0 Å². The maximum absolute atomic E-state index is 11.1. The molecule has 5 heteroatoms. The molecule has 0 bridgehead atoms. The van der Waals surface area contributed by atoms with Crippen molar-refractivity contribution in [2.75, 3.05) is 18.6 Å². The zero-order valence-electron chi connectivity index (χ0n) is 11.3. The van der Waals surface area contributed by atoms with E-state index < -0.39 is 9.84 Å². The maximum Gasteiger partial charge on any atom is 0.147 e. The largest absolute Gasteiger partial charge is 0.310 e. The van der Waals surface area contributed by atoms with Crippen molar-refractivity contribution in [2.45, 2.75) is 32.7 Å². The molecule has 0 radical (unpaired) electrons. The standard InChI is InChI=1S/C13H22N2O2S/c1-4-14-13(6-5-9-18(3,16)17)12-8-7-11(2)15-10-12/h7-8,10,13-14H,4-6,9H2,1-3H3.